The van der Waals surface area contributed by atoms with Gasteiger partial charge in [-0.25, -0.2) is 4.98 Å². The molecule has 3 rings (SSSR count). The van der Waals surface area contributed by atoms with E-state index >= 15 is 0 Å². The van der Waals surface area contributed by atoms with Crippen LogP contribution in [0.1, 0.15) is 12.8 Å². The second-order valence-corrected chi connectivity index (χ2v) is 5.50. The second kappa shape index (κ2) is 5.01. The van der Waals surface area contributed by atoms with Gasteiger partial charge in [0.15, 0.2) is 5.16 Å². The van der Waals surface area contributed by atoms with Crippen molar-refractivity contribution < 1.29 is 0 Å². The predicted octanol–water partition coefficient (Wildman–Crippen LogP) is 2.30. The van der Waals surface area contributed by atoms with Gasteiger partial charge in [0.25, 0.3) is 0 Å². The van der Waals surface area contributed by atoms with Crippen LogP contribution in [-0.4, -0.2) is 27.8 Å². The Bertz CT molecular complexity index is 549. The fourth-order valence-electron chi connectivity index (χ4n) is 1.82. The van der Waals surface area contributed by atoms with E-state index in [2.05, 4.69) is 21.4 Å². The molecule has 1 aromatic carbocycles. The molecule has 0 amide bonds. The summed E-state index contributed by atoms with van der Waals surface area (Å²) in [7, 11) is 0. The van der Waals surface area contributed by atoms with Crippen LogP contribution in [0.3, 0.4) is 0 Å². The SMILES string of the molecule is N#CC(CSc1nc2ccccc2[nH]1)NC1CC1. The van der Waals surface area contributed by atoms with E-state index in [0.717, 1.165) is 21.9 Å². The van der Waals surface area contributed by atoms with Gasteiger partial charge in [0, 0.05) is 11.8 Å². The fraction of sp³-hybridized carbons (Fsp3) is 0.385. The van der Waals surface area contributed by atoms with Crippen LogP contribution in [0.5, 0.6) is 0 Å². The maximum absolute atomic E-state index is 9.06. The molecule has 0 spiro atoms. The molecule has 1 fully saturated rings. The molecule has 0 radical (unpaired) electrons. The number of imidazole rings is 1. The Kier molecular flexibility index (Phi) is 3.22. The molecule has 0 saturated heterocycles. The number of fused-ring (bicyclic) bond motifs is 1. The van der Waals surface area contributed by atoms with Gasteiger partial charge < -0.3 is 4.98 Å². The molecule has 1 atom stereocenters. The minimum absolute atomic E-state index is 0.0873. The molecule has 1 aliphatic rings. The first-order chi connectivity index (χ1) is 8.85. The first kappa shape index (κ1) is 11.6. The van der Waals surface area contributed by atoms with Gasteiger partial charge in [-0.2, -0.15) is 5.26 Å². The zero-order valence-corrected chi connectivity index (χ0v) is 10.7. The largest absolute Gasteiger partial charge is 0.333 e. The van der Waals surface area contributed by atoms with E-state index in [0.29, 0.717) is 6.04 Å². The highest BCUT2D eigenvalue weighted by Crippen LogP contribution is 2.22. The Morgan fingerprint density at radius 3 is 3.06 bits per heavy atom. The number of nitrogens with one attached hydrogen (secondary N) is 2. The lowest BCUT2D eigenvalue weighted by atomic mass is 10.3. The second-order valence-electron chi connectivity index (χ2n) is 4.49. The number of benzene rings is 1. The molecular weight excluding hydrogens is 244 g/mol. The molecule has 92 valence electrons. The van der Waals surface area contributed by atoms with Gasteiger partial charge in [0.2, 0.25) is 0 Å². The third-order valence-electron chi connectivity index (χ3n) is 2.92. The molecule has 0 aliphatic heterocycles. The summed E-state index contributed by atoms with van der Waals surface area (Å²) in [6.07, 6.45) is 2.40. The van der Waals surface area contributed by atoms with E-state index in [9.17, 15) is 0 Å². The van der Waals surface area contributed by atoms with Crippen LogP contribution in [0, 0.1) is 11.3 Å². The highest BCUT2D eigenvalue weighted by molar-refractivity contribution is 7.99. The lowest BCUT2D eigenvalue weighted by Crippen LogP contribution is -2.31. The van der Waals surface area contributed by atoms with E-state index in [1.165, 1.54) is 12.8 Å². The van der Waals surface area contributed by atoms with Crippen molar-refractivity contribution in [3.05, 3.63) is 24.3 Å². The van der Waals surface area contributed by atoms with Gasteiger partial charge in [0.05, 0.1) is 17.1 Å². The summed E-state index contributed by atoms with van der Waals surface area (Å²) in [5, 5.41) is 13.3. The summed E-state index contributed by atoms with van der Waals surface area (Å²) < 4.78 is 0. The van der Waals surface area contributed by atoms with Gasteiger partial charge in [-0.15, -0.1) is 0 Å². The van der Waals surface area contributed by atoms with Crippen LogP contribution in [0.15, 0.2) is 29.4 Å². The van der Waals surface area contributed by atoms with Crippen LogP contribution in [0.4, 0.5) is 0 Å². The van der Waals surface area contributed by atoms with E-state index in [1.54, 1.807) is 11.8 Å². The summed E-state index contributed by atoms with van der Waals surface area (Å²) in [6.45, 7) is 0. The van der Waals surface area contributed by atoms with Gasteiger partial charge in [-0.1, -0.05) is 23.9 Å². The molecule has 5 heteroatoms. The lowest BCUT2D eigenvalue weighted by Gasteiger charge is -2.08. The number of nitriles is 1. The van der Waals surface area contributed by atoms with Gasteiger partial charge in [-0.3, -0.25) is 5.32 Å². The minimum Gasteiger partial charge on any atom is -0.333 e. The normalized spacial score (nSPS) is 16.6. The number of nitrogens with zero attached hydrogens (tertiary/aromatic N) is 2. The number of thioether (sulfide) groups is 1. The first-order valence-corrected chi connectivity index (χ1v) is 7.07. The molecule has 2 N–H and O–H groups in total. The van der Waals surface area contributed by atoms with E-state index in [-0.39, 0.29) is 6.04 Å². The average molecular weight is 258 g/mol. The summed E-state index contributed by atoms with van der Waals surface area (Å²) >= 11 is 1.60. The summed E-state index contributed by atoms with van der Waals surface area (Å²) in [4.78, 5) is 7.74. The zero-order chi connectivity index (χ0) is 12.4. The Morgan fingerprint density at radius 1 is 1.50 bits per heavy atom. The van der Waals surface area contributed by atoms with Crippen molar-refractivity contribution in [3.8, 4) is 6.07 Å². The van der Waals surface area contributed by atoms with E-state index in [1.807, 2.05) is 24.3 Å². The maximum Gasteiger partial charge on any atom is 0.166 e. The summed E-state index contributed by atoms with van der Waals surface area (Å²) in [6, 6.07) is 10.7. The van der Waals surface area contributed by atoms with Gasteiger partial charge in [-0.05, 0) is 25.0 Å². The number of aromatic amines is 1. The number of hydrogen-bond acceptors (Lipinski definition) is 4. The van der Waals surface area contributed by atoms with Gasteiger partial charge in [0.1, 0.15) is 6.04 Å². The topological polar surface area (TPSA) is 64.5 Å². The van der Waals surface area contributed by atoms with Crippen molar-refractivity contribution in [1.82, 2.24) is 15.3 Å². The van der Waals surface area contributed by atoms with Crippen molar-refractivity contribution >= 4 is 22.8 Å². The predicted molar refractivity (Wildman–Crippen MR) is 72.4 cm³/mol. The third kappa shape index (κ3) is 2.66. The highest BCUT2D eigenvalue weighted by Gasteiger charge is 2.24. The number of hydrogen-bond donors (Lipinski definition) is 2. The monoisotopic (exact) mass is 258 g/mol. The maximum atomic E-state index is 9.06. The summed E-state index contributed by atoms with van der Waals surface area (Å²) in [5.41, 5.74) is 2.02. The fourth-order valence-corrected chi connectivity index (χ4v) is 2.66. The van der Waals surface area contributed by atoms with Gasteiger partial charge >= 0.3 is 0 Å². The Hall–Kier alpha value is -1.51. The number of para-hydroxylation sites is 2. The Morgan fingerprint density at radius 2 is 2.33 bits per heavy atom. The van der Waals surface area contributed by atoms with Crippen molar-refractivity contribution in [2.24, 2.45) is 0 Å². The molecule has 2 aromatic rings. The molecule has 1 unspecified atom stereocenters. The first-order valence-electron chi connectivity index (χ1n) is 6.08. The van der Waals surface area contributed by atoms with Crippen molar-refractivity contribution in [2.75, 3.05) is 5.75 Å². The third-order valence-corrected chi connectivity index (χ3v) is 3.89. The average Bonchev–Trinajstić information content (AvgIpc) is 3.11. The molecule has 4 nitrogen and oxygen atoms in total. The van der Waals surface area contributed by atoms with Crippen LogP contribution in [0.2, 0.25) is 0 Å². The van der Waals surface area contributed by atoms with E-state index < -0.39 is 0 Å². The van der Waals surface area contributed by atoms with Crippen LogP contribution in [-0.2, 0) is 0 Å². The molecule has 1 aliphatic carbocycles. The highest BCUT2D eigenvalue weighted by atomic mass is 32.2. The quantitative estimate of drug-likeness (QED) is 0.808. The van der Waals surface area contributed by atoms with Crippen molar-refractivity contribution in [1.29, 1.82) is 5.26 Å². The number of H-pyrrole nitrogens is 1. The Labute approximate surface area is 110 Å². The zero-order valence-electron chi connectivity index (χ0n) is 9.89. The van der Waals surface area contributed by atoms with E-state index in [4.69, 9.17) is 5.26 Å². The molecular formula is C13H14N4S. The Balaban J connectivity index is 1.63. The molecule has 1 aromatic heterocycles. The standard InChI is InChI=1S/C13H14N4S/c14-7-10(15-9-5-6-9)8-18-13-16-11-3-1-2-4-12(11)17-13/h1-4,9-10,15H,5-6,8H2,(H,16,17). The molecule has 1 heterocycles. The van der Waals surface area contributed by atoms with Crippen LogP contribution < -0.4 is 5.32 Å². The lowest BCUT2D eigenvalue weighted by molar-refractivity contribution is 0.644. The smallest absolute Gasteiger partial charge is 0.166 e. The molecule has 18 heavy (non-hydrogen) atoms. The minimum atomic E-state index is -0.0873. The molecule has 0 bridgehead atoms. The van der Waals surface area contributed by atoms with Crippen molar-refractivity contribution in [2.45, 2.75) is 30.1 Å². The van der Waals surface area contributed by atoms with Crippen LogP contribution in [0.25, 0.3) is 11.0 Å². The summed E-state index contributed by atoms with van der Waals surface area (Å²) in [5.74, 6) is 0.729. The molecule has 1 saturated carbocycles. The van der Waals surface area contributed by atoms with Crippen molar-refractivity contribution in [3.63, 3.8) is 0 Å². The number of aromatic nitrogens is 2. The number of rotatable bonds is 5. The van der Waals surface area contributed by atoms with Crippen LogP contribution >= 0.6 is 11.8 Å².